The van der Waals surface area contributed by atoms with Gasteiger partial charge >= 0.3 is 0 Å². The number of amides is 2. The third-order valence-electron chi connectivity index (χ3n) is 6.15. The van der Waals surface area contributed by atoms with Crippen molar-refractivity contribution in [3.8, 4) is 0 Å². The number of carbonyl (C=O) groups excluding carboxylic acids is 2. The molecule has 3 atom stereocenters. The maximum atomic E-state index is 13.4. The van der Waals surface area contributed by atoms with Gasteiger partial charge in [0.1, 0.15) is 6.04 Å². The van der Waals surface area contributed by atoms with E-state index in [9.17, 15) is 9.59 Å². The Morgan fingerprint density at radius 1 is 0.852 bits per heavy atom. The van der Waals surface area contributed by atoms with E-state index in [0.29, 0.717) is 5.69 Å². The van der Waals surface area contributed by atoms with Crippen LogP contribution in [-0.2, 0) is 16.0 Å². The van der Waals surface area contributed by atoms with Gasteiger partial charge in [-0.2, -0.15) is 0 Å². The summed E-state index contributed by atoms with van der Waals surface area (Å²) in [5.74, 6) is -0.497. The molecule has 138 valence electrons. The Morgan fingerprint density at radius 3 is 2.19 bits per heavy atom. The van der Waals surface area contributed by atoms with Gasteiger partial charge in [-0.15, -0.1) is 0 Å². The Bertz CT molecular complexity index is 880. The fourth-order valence-electron chi connectivity index (χ4n) is 4.90. The number of anilines is 1. The van der Waals surface area contributed by atoms with Gasteiger partial charge in [0, 0.05) is 13.1 Å². The Hall–Kier alpha value is -2.50. The van der Waals surface area contributed by atoms with E-state index in [1.54, 1.807) is 0 Å². The van der Waals surface area contributed by atoms with Gasteiger partial charge in [-0.1, -0.05) is 49.4 Å². The Labute approximate surface area is 159 Å². The SMILES string of the molecule is CCc1ccc(N2C(=O)[C@@H]3[C@@H](C2=O)N2CCCN2[C@H]3c2ccccc2)cc1. The predicted molar refractivity (Wildman–Crippen MR) is 103 cm³/mol. The third kappa shape index (κ3) is 2.38. The van der Waals surface area contributed by atoms with Crippen LogP contribution in [0.1, 0.15) is 30.5 Å². The number of nitrogens with zero attached hydrogens (tertiary/aromatic N) is 3. The third-order valence-corrected chi connectivity index (χ3v) is 6.15. The molecule has 0 aliphatic carbocycles. The molecule has 2 aromatic rings. The molecule has 0 radical (unpaired) electrons. The van der Waals surface area contributed by atoms with E-state index in [1.807, 2.05) is 42.5 Å². The van der Waals surface area contributed by atoms with Gasteiger partial charge in [0.25, 0.3) is 5.91 Å². The minimum atomic E-state index is -0.379. The number of rotatable bonds is 3. The number of hydrazine groups is 1. The van der Waals surface area contributed by atoms with Crippen molar-refractivity contribution >= 4 is 17.5 Å². The monoisotopic (exact) mass is 361 g/mol. The lowest BCUT2D eigenvalue weighted by atomic mass is 9.90. The number of carbonyl (C=O) groups is 2. The first-order valence-electron chi connectivity index (χ1n) is 9.75. The van der Waals surface area contributed by atoms with E-state index < -0.39 is 0 Å². The van der Waals surface area contributed by atoms with Crippen LogP contribution < -0.4 is 4.90 Å². The van der Waals surface area contributed by atoms with E-state index in [0.717, 1.165) is 31.5 Å². The molecule has 3 saturated heterocycles. The van der Waals surface area contributed by atoms with Crippen LogP contribution in [0.4, 0.5) is 5.69 Å². The Kier molecular flexibility index (Phi) is 3.88. The van der Waals surface area contributed by atoms with Crippen LogP contribution in [0.3, 0.4) is 0 Å². The molecule has 3 heterocycles. The molecule has 3 aliphatic rings. The second-order valence-electron chi connectivity index (χ2n) is 7.54. The van der Waals surface area contributed by atoms with Crippen molar-refractivity contribution in [1.29, 1.82) is 0 Å². The van der Waals surface area contributed by atoms with Crippen molar-refractivity contribution in [1.82, 2.24) is 10.0 Å². The number of hydrogen-bond acceptors (Lipinski definition) is 4. The first kappa shape index (κ1) is 16.7. The molecular formula is C22H23N3O2. The quantitative estimate of drug-likeness (QED) is 0.789. The first-order valence-corrected chi connectivity index (χ1v) is 9.75. The van der Waals surface area contributed by atoms with E-state index in [1.165, 1.54) is 10.5 Å². The molecule has 3 aliphatic heterocycles. The first-order chi connectivity index (χ1) is 13.2. The molecule has 5 nitrogen and oxygen atoms in total. The lowest BCUT2D eigenvalue weighted by Gasteiger charge is -2.29. The van der Waals surface area contributed by atoms with Crippen molar-refractivity contribution in [3.05, 3.63) is 65.7 Å². The lowest BCUT2D eigenvalue weighted by molar-refractivity contribution is -0.126. The largest absolute Gasteiger partial charge is 0.274 e. The molecule has 2 amide bonds. The second kappa shape index (κ2) is 6.29. The van der Waals surface area contributed by atoms with E-state index in [-0.39, 0.29) is 29.8 Å². The number of aryl methyl sites for hydroxylation is 1. The van der Waals surface area contributed by atoms with Gasteiger partial charge in [0.2, 0.25) is 5.91 Å². The molecule has 5 heteroatoms. The standard InChI is InChI=1S/C22H23N3O2/c1-2-15-9-11-17(12-10-15)25-21(26)18-19(16-7-4-3-5-8-16)23-13-6-14-24(23)20(18)22(25)27/h3-5,7-12,18-20H,2,6,13-14H2,1H3/t18-,19-,20-/m0/s1. The van der Waals surface area contributed by atoms with Gasteiger partial charge < -0.3 is 0 Å². The Morgan fingerprint density at radius 2 is 1.52 bits per heavy atom. The molecule has 0 unspecified atom stereocenters. The summed E-state index contributed by atoms with van der Waals surface area (Å²) in [7, 11) is 0. The topological polar surface area (TPSA) is 43.9 Å². The van der Waals surface area contributed by atoms with Gasteiger partial charge in [-0.25, -0.2) is 14.9 Å². The average Bonchev–Trinajstić information content (AvgIpc) is 3.35. The molecule has 3 fully saturated rings. The minimum absolute atomic E-state index is 0.0601. The molecular weight excluding hydrogens is 338 g/mol. The number of hydrogen-bond donors (Lipinski definition) is 0. The van der Waals surface area contributed by atoms with Crippen LogP contribution >= 0.6 is 0 Å². The second-order valence-corrected chi connectivity index (χ2v) is 7.54. The summed E-state index contributed by atoms with van der Waals surface area (Å²) < 4.78 is 0. The molecule has 0 bridgehead atoms. The number of benzene rings is 2. The number of fused-ring (bicyclic) bond motifs is 3. The van der Waals surface area contributed by atoms with Crippen molar-refractivity contribution < 1.29 is 9.59 Å². The van der Waals surface area contributed by atoms with E-state index in [4.69, 9.17) is 0 Å². The summed E-state index contributed by atoms with van der Waals surface area (Å²) in [4.78, 5) is 28.1. The highest BCUT2D eigenvalue weighted by Gasteiger charge is 2.62. The van der Waals surface area contributed by atoms with Crippen molar-refractivity contribution in [3.63, 3.8) is 0 Å². The van der Waals surface area contributed by atoms with Crippen LogP contribution in [0.2, 0.25) is 0 Å². The molecule has 0 aromatic heterocycles. The molecule has 5 rings (SSSR count). The predicted octanol–water partition coefficient (Wildman–Crippen LogP) is 2.78. The van der Waals surface area contributed by atoms with Crippen LogP contribution in [0.15, 0.2) is 54.6 Å². The molecule has 2 aromatic carbocycles. The van der Waals surface area contributed by atoms with Crippen molar-refractivity contribution in [2.24, 2.45) is 5.92 Å². The smallest absolute Gasteiger partial charge is 0.253 e. The van der Waals surface area contributed by atoms with Crippen LogP contribution in [0, 0.1) is 5.92 Å². The van der Waals surface area contributed by atoms with Gasteiger partial charge in [0.15, 0.2) is 0 Å². The summed E-state index contributed by atoms with van der Waals surface area (Å²) >= 11 is 0. The maximum absolute atomic E-state index is 13.4. The highest BCUT2D eigenvalue weighted by atomic mass is 16.2. The van der Waals surface area contributed by atoms with Crippen LogP contribution in [-0.4, -0.2) is 41.0 Å². The van der Waals surface area contributed by atoms with Crippen molar-refractivity contribution in [2.45, 2.75) is 31.8 Å². The summed E-state index contributed by atoms with van der Waals surface area (Å²) in [6.45, 7) is 3.84. The maximum Gasteiger partial charge on any atom is 0.253 e. The summed E-state index contributed by atoms with van der Waals surface area (Å²) in [5, 5.41) is 4.39. The molecule has 27 heavy (non-hydrogen) atoms. The zero-order valence-electron chi connectivity index (χ0n) is 15.4. The summed E-state index contributed by atoms with van der Waals surface area (Å²) in [5.41, 5.74) is 3.00. The van der Waals surface area contributed by atoms with E-state index in [2.05, 4.69) is 29.1 Å². The van der Waals surface area contributed by atoms with Gasteiger partial charge in [-0.3, -0.25) is 9.59 Å². The van der Waals surface area contributed by atoms with Crippen LogP contribution in [0.5, 0.6) is 0 Å². The van der Waals surface area contributed by atoms with Gasteiger partial charge in [0.05, 0.1) is 17.6 Å². The minimum Gasteiger partial charge on any atom is -0.274 e. The highest BCUT2D eigenvalue weighted by Crippen LogP contribution is 2.48. The lowest BCUT2D eigenvalue weighted by Crippen LogP contribution is -2.44. The molecule has 0 saturated carbocycles. The summed E-state index contributed by atoms with van der Waals surface area (Å²) in [6, 6.07) is 17.5. The summed E-state index contributed by atoms with van der Waals surface area (Å²) in [6.07, 6.45) is 1.96. The highest BCUT2D eigenvalue weighted by molar-refractivity contribution is 6.24. The fourth-order valence-corrected chi connectivity index (χ4v) is 4.90. The van der Waals surface area contributed by atoms with E-state index >= 15 is 0 Å². The number of imide groups is 1. The van der Waals surface area contributed by atoms with Crippen molar-refractivity contribution in [2.75, 3.05) is 18.0 Å². The molecule has 0 N–H and O–H groups in total. The zero-order valence-corrected chi connectivity index (χ0v) is 15.4. The average molecular weight is 361 g/mol. The Balaban J connectivity index is 1.55. The zero-order chi connectivity index (χ0) is 18.5. The van der Waals surface area contributed by atoms with Gasteiger partial charge in [-0.05, 0) is 36.1 Å². The van der Waals surface area contributed by atoms with Crippen LogP contribution in [0.25, 0.3) is 0 Å². The normalized spacial score (nSPS) is 28.0. The molecule has 0 spiro atoms. The fraction of sp³-hybridized carbons (Fsp3) is 0.364.